The van der Waals surface area contributed by atoms with Crippen LogP contribution in [0.4, 0.5) is 0 Å². The van der Waals surface area contributed by atoms with Crippen molar-refractivity contribution in [1.29, 1.82) is 0 Å². The molecule has 0 aromatic carbocycles. The smallest absolute Gasteiger partial charge is 0.193 e. The minimum absolute atomic E-state index is 0.238. The lowest BCUT2D eigenvalue weighted by Gasteiger charge is -2.52. The fraction of sp³-hybridized carbons (Fsp3) is 0.750. The number of hydrogen-bond acceptors (Lipinski definition) is 5. The topological polar surface area (TPSA) is 90.3 Å². The molecule has 0 amide bonds. The van der Waals surface area contributed by atoms with Crippen LogP contribution in [-0.4, -0.2) is 50.6 Å². The van der Waals surface area contributed by atoms with Gasteiger partial charge >= 0.3 is 0 Å². The predicted octanol–water partition coefficient (Wildman–Crippen LogP) is 1.90. The first-order valence-corrected chi connectivity index (χ1v) is 9.14. The Morgan fingerprint density at radius 1 is 1.24 bits per heavy atom. The zero-order valence-corrected chi connectivity index (χ0v) is 15.6. The fourth-order valence-corrected chi connectivity index (χ4v) is 4.51. The molecule has 140 valence electrons. The van der Waals surface area contributed by atoms with Crippen molar-refractivity contribution in [2.75, 3.05) is 0 Å². The maximum Gasteiger partial charge on any atom is 0.193 e. The second-order valence-corrected chi connectivity index (χ2v) is 8.74. The van der Waals surface area contributed by atoms with Crippen LogP contribution >= 0.6 is 0 Å². The van der Waals surface area contributed by atoms with Crippen molar-refractivity contribution in [2.45, 2.75) is 82.9 Å². The summed E-state index contributed by atoms with van der Waals surface area (Å²) in [7, 11) is 0. The van der Waals surface area contributed by atoms with E-state index >= 15 is 0 Å². The molecule has 2 aliphatic carbocycles. The fourth-order valence-electron chi connectivity index (χ4n) is 4.51. The quantitative estimate of drug-likeness (QED) is 0.458. The third-order valence-corrected chi connectivity index (χ3v) is 7.23. The standard InChI is InChI=1S/C20H30O5/c1-11-6-8-18(3)12(2)15(22)10-13(20(18,5)24)16(23)17-19(4,25-17)9-7-14(11)21/h10,12,14-15,17,21-22,24H,1,6-9H2,2-5H3/t12-,14+,15+,17-,18+,19-,20+/m1/s1. The van der Waals surface area contributed by atoms with Gasteiger partial charge in [-0.15, -0.1) is 0 Å². The molecule has 25 heavy (non-hydrogen) atoms. The number of fused-ring (bicyclic) bond motifs is 3. The number of ketones is 1. The van der Waals surface area contributed by atoms with E-state index < -0.39 is 34.9 Å². The van der Waals surface area contributed by atoms with Gasteiger partial charge in [-0.1, -0.05) is 20.4 Å². The van der Waals surface area contributed by atoms with Gasteiger partial charge < -0.3 is 20.1 Å². The van der Waals surface area contributed by atoms with E-state index in [2.05, 4.69) is 6.58 Å². The van der Waals surface area contributed by atoms with Gasteiger partial charge in [0.25, 0.3) is 0 Å². The molecule has 1 saturated heterocycles. The Morgan fingerprint density at radius 3 is 2.52 bits per heavy atom. The third kappa shape index (κ3) is 2.72. The van der Waals surface area contributed by atoms with E-state index in [0.29, 0.717) is 25.7 Å². The molecule has 1 saturated carbocycles. The molecule has 5 nitrogen and oxygen atoms in total. The molecule has 1 heterocycles. The van der Waals surface area contributed by atoms with Gasteiger partial charge in [-0.25, -0.2) is 0 Å². The first-order chi connectivity index (χ1) is 11.4. The molecule has 0 aromatic rings. The summed E-state index contributed by atoms with van der Waals surface area (Å²) in [5.41, 5.74) is -1.76. The van der Waals surface area contributed by atoms with Crippen LogP contribution in [0.5, 0.6) is 0 Å². The summed E-state index contributed by atoms with van der Waals surface area (Å²) in [4.78, 5) is 13.0. The first-order valence-electron chi connectivity index (χ1n) is 9.14. The van der Waals surface area contributed by atoms with Gasteiger partial charge in [0.2, 0.25) is 0 Å². The molecule has 0 radical (unpaired) electrons. The molecule has 2 fully saturated rings. The number of rotatable bonds is 0. The average molecular weight is 350 g/mol. The molecule has 7 atom stereocenters. The SMILES string of the molecule is C=C1CC[C@@]2(C)[C@H](C)[C@@H](O)C=C(C(=O)[C@H]3O[C@]3(C)CC[C@@H]1O)[C@]2(C)O. The van der Waals surface area contributed by atoms with Crippen molar-refractivity contribution >= 4 is 5.78 Å². The Bertz CT molecular complexity index is 636. The van der Waals surface area contributed by atoms with Gasteiger partial charge in [0, 0.05) is 11.0 Å². The maximum atomic E-state index is 13.0. The molecule has 1 aliphatic heterocycles. The highest BCUT2D eigenvalue weighted by Gasteiger charge is 2.62. The first kappa shape index (κ1) is 18.8. The van der Waals surface area contributed by atoms with Crippen LogP contribution in [0.3, 0.4) is 0 Å². The van der Waals surface area contributed by atoms with E-state index in [9.17, 15) is 20.1 Å². The van der Waals surface area contributed by atoms with E-state index in [1.165, 1.54) is 6.08 Å². The molecule has 0 aromatic heterocycles. The number of carbonyl (C=O) groups is 1. The normalized spacial score (nSPS) is 51.1. The summed E-state index contributed by atoms with van der Waals surface area (Å²) in [6.07, 6.45) is 1.54. The van der Waals surface area contributed by atoms with Crippen LogP contribution in [0, 0.1) is 11.3 Å². The van der Waals surface area contributed by atoms with Crippen molar-refractivity contribution in [2.24, 2.45) is 11.3 Å². The van der Waals surface area contributed by atoms with Crippen molar-refractivity contribution in [3.8, 4) is 0 Å². The van der Waals surface area contributed by atoms with Crippen molar-refractivity contribution in [1.82, 2.24) is 0 Å². The van der Waals surface area contributed by atoms with E-state index in [-0.39, 0.29) is 17.3 Å². The molecule has 3 rings (SSSR count). The number of epoxide rings is 1. The highest BCUT2D eigenvalue weighted by atomic mass is 16.6. The number of aliphatic hydroxyl groups excluding tert-OH is 2. The van der Waals surface area contributed by atoms with Gasteiger partial charge in [0.05, 0.1) is 17.8 Å². The van der Waals surface area contributed by atoms with Crippen LogP contribution in [0.1, 0.15) is 53.4 Å². The summed E-state index contributed by atoms with van der Waals surface area (Å²) in [6, 6.07) is 0. The van der Waals surface area contributed by atoms with Gasteiger partial charge in [-0.2, -0.15) is 0 Å². The van der Waals surface area contributed by atoms with E-state index in [0.717, 1.165) is 5.57 Å². The predicted molar refractivity (Wildman–Crippen MR) is 93.9 cm³/mol. The molecule has 2 bridgehead atoms. The summed E-state index contributed by atoms with van der Waals surface area (Å²) < 4.78 is 5.67. The Balaban J connectivity index is 2.06. The molecule has 3 aliphatic rings. The molecule has 0 spiro atoms. The number of ether oxygens (including phenoxy) is 1. The average Bonchev–Trinajstić information content (AvgIpc) is 3.23. The van der Waals surface area contributed by atoms with Gasteiger partial charge in [-0.3, -0.25) is 4.79 Å². The zero-order valence-electron chi connectivity index (χ0n) is 15.6. The Morgan fingerprint density at radius 2 is 1.88 bits per heavy atom. The van der Waals surface area contributed by atoms with E-state index in [4.69, 9.17) is 4.74 Å². The second-order valence-electron chi connectivity index (χ2n) is 8.74. The summed E-state index contributed by atoms with van der Waals surface area (Å²) in [5, 5.41) is 32.3. The van der Waals surface area contributed by atoms with Crippen molar-refractivity contribution in [3.05, 3.63) is 23.8 Å². The summed E-state index contributed by atoms with van der Waals surface area (Å²) in [6.45, 7) is 11.3. The highest BCUT2D eigenvalue weighted by molar-refractivity contribution is 6.03. The van der Waals surface area contributed by atoms with E-state index in [1.807, 2.05) is 20.8 Å². The lowest BCUT2D eigenvalue weighted by molar-refractivity contribution is -0.131. The minimum atomic E-state index is -1.39. The second kappa shape index (κ2) is 5.74. The Kier molecular flexibility index (Phi) is 4.31. The zero-order chi connectivity index (χ0) is 18.8. The Labute approximate surface area is 149 Å². The van der Waals surface area contributed by atoms with Crippen LogP contribution in [-0.2, 0) is 9.53 Å². The van der Waals surface area contributed by atoms with Crippen molar-refractivity contribution in [3.63, 3.8) is 0 Å². The summed E-state index contributed by atoms with van der Waals surface area (Å²) in [5.74, 6) is -0.489. The lowest BCUT2D eigenvalue weighted by atomic mass is 9.55. The molecule has 5 heteroatoms. The van der Waals surface area contributed by atoms with Crippen LogP contribution in [0.25, 0.3) is 0 Å². The number of aliphatic hydroxyl groups is 3. The van der Waals surface area contributed by atoms with Crippen LogP contribution in [0.15, 0.2) is 23.8 Å². The minimum Gasteiger partial charge on any atom is -0.389 e. The van der Waals surface area contributed by atoms with Gasteiger partial charge in [-0.05, 0) is 57.1 Å². The number of Topliss-reactive ketones (excluding diaryl/α,β-unsaturated/α-hetero) is 1. The van der Waals surface area contributed by atoms with Crippen LogP contribution in [0.2, 0.25) is 0 Å². The lowest BCUT2D eigenvalue weighted by Crippen LogP contribution is -2.57. The summed E-state index contributed by atoms with van der Waals surface area (Å²) >= 11 is 0. The van der Waals surface area contributed by atoms with Gasteiger partial charge in [0.1, 0.15) is 11.7 Å². The van der Waals surface area contributed by atoms with Crippen molar-refractivity contribution < 1.29 is 24.9 Å². The number of hydrogen-bond donors (Lipinski definition) is 3. The van der Waals surface area contributed by atoms with Gasteiger partial charge in [0.15, 0.2) is 5.78 Å². The third-order valence-electron chi connectivity index (χ3n) is 7.23. The molecule has 0 unspecified atom stereocenters. The molecular formula is C20H30O5. The molecular weight excluding hydrogens is 320 g/mol. The monoisotopic (exact) mass is 350 g/mol. The number of carbonyl (C=O) groups excluding carboxylic acids is 1. The van der Waals surface area contributed by atoms with E-state index in [1.54, 1.807) is 6.92 Å². The van der Waals surface area contributed by atoms with Crippen LogP contribution < -0.4 is 0 Å². The highest BCUT2D eigenvalue weighted by Crippen LogP contribution is 2.54. The Hall–Kier alpha value is -1.01. The maximum absolute atomic E-state index is 13.0. The molecule has 3 N–H and O–H groups in total. The largest absolute Gasteiger partial charge is 0.389 e.